The molecule has 0 aromatic carbocycles. The van der Waals surface area contributed by atoms with Crippen molar-refractivity contribution >= 4 is 12.1 Å². The monoisotopic (exact) mass is 285 g/mol. The van der Waals surface area contributed by atoms with Crippen LogP contribution >= 0.6 is 0 Å². The molecule has 1 aliphatic rings. The van der Waals surface area contributed by atoms with Crippen LogP contribution in [0.4, 0.5) is 4.79 Å². The first-order valence-electron chi connectivity index (χ1n) is 6.80. The van der Waals surface area contributed by atoms with E-state index in [-0.39, 0.29) is 30.8 Å². The van der Waals surface area contributed by atoms with Gasteiger partial charge in [0.2, 0.25) is 0 Å². The summed E-state index contributed by atoms with van der Waals surface area (Å²) in [4.78, 5) is 25.1. The molecule has 1 heterocycles. The van der Waals surface area contributed by atoms with Crippen molar-refractivity contribution in [2.45, 2.75) is 46.1 Å². The Morgan fingerprint density at radius 2 is 1.85 bits per heavy atom. The van der Waals surface area contributed by atoms with Gasteiger partial charge in [-0.3, -0.25) is 0 Å². The summed E-state index contributed by atoms with van der Waals surface area (Å²) >= 11 is 0. The van der Waals surface area contributed by atoms with Gasteiger partial charge in [0.05, 0.1) is 12.2 Å². The van der Waals surface area contributed by atoms with E-state index in [0.717, 1.165) is 0 Å². The van der Waals surface area contributed by atoms with Crippen LogP contribution in [0.15, 0.2) is 11.3 Å². The third-order valence-corrected chi connectivity index (χ3v) is 2.77. The molecule has 0 fully saturated rings. The molecule has 0 saturated heterocycles. The Morgan fingerprint density at radius 1 is 1.25 bits per heavy atom. The smallest absolute Gasteiger partial charge is 0.410 e. The summed E-state index contributed by atoms with van der Waals surface area (Å²) in [7, 11) is 0. The summed E-state index contributed by atoms with van der Waals surface area (Å²) in [6, 6.07) is 0. The first kappa shape index (κ1) is 16.3. The number of aliphatic hydroxyl groups excluding tert-OH is 1. The molecule has 0 atom stereocenters. The first-order chi connectivity index (χ1) is 9.24. The zero-order valence-electron chi connectivity index (χ0n) is 12.6. The second-order valence-corrected chi connectivity index (χ2v) is 5.61. The van der Waals surface area contributed by atoms with E-state index < -0.39 is 17.7 Å². The largest absolute Gasteiger partial charge is 0.512 e. The van der Waals surface area contributed by atoms with Crippen molar-refractivity contribution < 1.29 is 24.2 Å². The minimum absolute atomic E-state index is 0.00508. The lowest BCUT2D eigenvalue weighted by molar-refractivity contribution is -0.138. The van der Waals surface area contributed by atoms with E-state index in [4.69, 9.17) is 9.47 Å². The molecule has 0 saturated carbocycles. The molecule has 1 rings (SSSR count). The standard InChI is InChI=1S/C14H23NO5/c1-5-19-12(17)10-6-8-15(9-7-11(10)16)13(18)20-14(2,3)4/h16H,5-9H2,1-4H3. The highest BCUT2D eigenvalue weighted by Gasteiger charge is 2.27. The molecule has 0 aliphatic carbocycles. The number of carbonyl (C=O) groups is 2. The van der Waals surface area contributed by atoms with Gasteiger partial charge in [-0.2, -0.15) is 0 Å². The summed E-state index contributed by atoms with van der Waals surface area (Å²) in [5.41, 5.74) is -0.319. The number of hydrogen-bond acceptors (Lipinski definition) is 5. The van der Waals surface area contributed by atoms with E-state index in [2.05, 4.69) is 0 Å². The third kappa shape index (κ3) is 4.75. The minimum atomic E-state index is -0.567. The number of esters is 1. The van der Waals surface area contributed by atoms with Crippen LogP contribution in [0.5, 0.6) is 0 Å². The Labute approximate surface area is 119 Å². The van der Waals surface area contributed by atoms with Gasteiger partial charge in [-0.05, 0) is 27.7 Å². The average molecular weight is 285 g/mol. The molecule has 20 heavy (non-hydrogen) atoms. The van der Waals surface area contributed by atoms with Gasteiger partial charge in [0, 0.05) is 25.9 Å². The van der Waals surface area contributed by atoms with Crippen LogP contribution in [0, 0.1) is 0 Å². The quantitative estimate of drug-likeness (QED) is 0.788. The second kappa shape index (κ2) is 6.63. The van der Waals surface area contributed by atoms with Gasteiger partial charge in [0.1, 0.15) is 11.4 Å². The normalized spacial score (nSPS) is 16.7. The third-order valence-electron chi connectivity index (χ3n) is 2.77. The second-order valence-electron chi connectivity index (χ2n) is 5.61. The number of nitrogens with zero attached hydrogens (tertiary/aromatic N) is 1. The van der Waals surface area contributed by atoms with E-state index in [1.165, 1.54) is 4.90 Å². The summed E-state index contributed by atoms with van der Waals surface area (Å²) in [6.45, 7) is 7.99. The number of ether oxygens (including phenoxy) is 2. The van der Waals surface area contributed by atoms with Crippen molar-refractivity contribution in [3.63, 3.8) is 0 Å². The van der Waals surface area contributed by atoms with Crippen LogP contribution in [-0.2, 0) is 14.3 Å². The van der Waals surface area contributed by atoms with Crippen molar-refractivity contribution in [3.05, 3.63) is 11.3 Å². The van der Waals surface area contributed by atoms with Crippen molar-refractivity contribution in [3.8, 4) is 0 Å². The summed E-state index contributed by atoms with van der Waals surface area (Å²) < 4.78 is 10.2. The van der Waals surface area contributed by atoms with Crippen LogP contribution in [0.25, 0.3) is 0 Å². The van der Waals surface area contributed by atoms with E-state index in [0.29, 0.717) is 13.1 Å². The Balaban J connectivity index is 2.67. The van der Waals surface area contributed by atoms with Gasteiger partial charge in [0.15, 0.2) is 0 Å². The molecule has 1 N–H and O–H groups in total. The van der Waals surface area contributed by atoms with Gasteiger partial charge in [-0.1, -0.05) is 0 Å². The molecule has 0 spiro atoms. The van der Waals surface area contributed by atoms with Crippen molar-refractivity contribution in [1.82, 2.24) is 4.90 Å². The maximum absolute atomic E-state index is 12.0. The fraction of sp³-hybridized carbons (Fsp3) is 0.714. The summed E-state index contributed by atoms with van der Waals surface area (Å²) in [6.07, 6.45) is 0.0625. The zero-order valence-corrected chi connectivity index (χ0v) is 12.6. The molecule has 0 radical (unpaired) electrons. The molecule has 6 heteroatoms. The Kier molecular flexibility index (Phi) is 5.42. The summed E-state index contributed by atoms with van der Waals surface area (Å²) in [5, 5.41) is 9.88. The molecule has 0 bridgehead atoms. The van der Waals surface area contributed by atoms with Gasteiger partial charge in [0.25, 0.3) is 0 Å². The van der Waals surface area contributed by atoms with Crippen LogP contribution in [0.1, 0.15) is 40.5 Å². The maximum atomic E-state index is 12.0. The molecular weight excluding hydrogens is 262 g/mol. The first-order valence-corrected chi connectivity index (χ1v) is 6.80. The topological polar surface area (TPSA) is 76.1 Å². The number of aliphatic hydroxyl groups is 1. The van der Waals surface area contributed by atoms with E-state index in [9.17, 15) is 14.7 Å². The van der Waals surface area contributed by atoms with Gasteiger partial charge < -0.3 is 19.5 Å². The maximum Gasteiger partial charge on any atom is 0.410 e. The minimum Gasteiger partial charge on any atom is -0.512 e. The Bertz CT molecular complexity index is 408. The molecule has 1 aliphatic heterocycles. The van der Waals surface area contributed by atoms with Crippen LogP contribution < -0.4 is 0 Å². The fourth-order valence-corrected chi connectivity index (χ4v) is 1.84. The molecule has 0 aromatic heterocycles. The lowest BCUT2D eigenvalue weighted by atomic mass is 10.1. The average Bonchev–Trinajstić information content (AvgIpc) is 2.49. The Hall–Kier alpha value is -1.72. The van der Waals surface area contributed by atoms with Crippen LogP contribution in [-0.4, -0.2) is 47.4 Å². The molecule has 114 valence electrons. The highest BCUT2D eigenvalue weighted by Crippen LogP contribution is 2.20. The predicted molar refractivity (Wildman–Crippen MR) is 73.3 cm³/mol. The number of hydrogen-bond donors (Lipinski definition) is 1. The van der Waals surface area contributed by atoms with Gasteiger partial charge in [-0.25, -0.2) is 9.59 Å². The van der Waals surface area contributed by atoms with Gasteiger partial charge >= 0.3 is 12.1 Å². The summed E-state index contributed by atoms with van der Waals surface area (Å²) in [5.74, 6) is -0.523. The van der Waals surface area contributed by atoms with Crippen molar-refractivity contribution in [2.75, 3.05) is 19.7 Å². The molecule has 6 nitrogen and oxygen atoms in total. The number of carbonyl (C=O) groups excluding carboxylic acids is 2. The van der Waals surface area contributed by atoms with Crippen molar-refractivity contribution in [1.29, 1.82) is 0 Å². The van der Waals surface area contributed by atoms with E-state index in [1.807, 2.05) is 0 Å². The molecule has 1 amide bonds. The number of rotatable bonds is 2. The molecule has 0 unspecified atom stereocenters. The molecular formula is C14H23NO5. The SMILES string of the molecule is CCOC(=O)C1=C(O)CCN(C(=O)OC(C)(C)C)CC1. The lowest BCUT2D eigenvalue weighted by Gasteiger charge is -2.26. The molecule has 0 aromatic rings. The fourth-order valence-electron chi connectivity index (χ4n) is 1.84. The van der Waals surface area contributed by atoms with Gasteiger partial charge in [-0.15, -0.1) is 0 Å². The van der Waals surface area contributed by atoms with Crippen LogP contribution in [0.3, 0.4) is 0 Å². The van der Waals surface area contributed by atoms with Crippen molar-refractivity contribution in [2.24, 2.45) is 0 Å². The Morgan fingerprint density at radius 3 is 2.40 bits per heavy atom. The highest BCUT2D eigenvalue weighted by molar-refractivity contribution is 5.89. The highest BCUT2D eigenvalue weighted by atomic mass is 16.6. The zero-order chi connectivity index (χ0) is 15.3. The van der Waals surface area contributed by atoms with Crippen LogP contribution in [0.2, 0.25) is 0 Å². The van der Waals surface area contributed by atoms with E-state index >= 15 is 0 Å². The number of amides is 1. The van der Waals surface area contributed by atoms with E-state index in [1.54, 1.807) is 27.7 Å². The lowest BCUT2D eigenvalue weighted by Crippen LogP contribution is -2.37. The predicted octanol–water partition coefficient (Wildman–Crippen LogP) is 2.39.